The maximum absolute atomic E-state index is 14.9. The summed E-state index contributed by atoms with van der Waals surface area (Å²) in [6.45, 7) is 1.68. The Balaban J connectivity index is 1.77. The van der Waals surface area contributed by atoms with E-state index in [-0.39, 0.29) is 21.6 Å². The molecule has 0 saturated heterocycles. The van der Waals surface area contributed by atoms with Gasteiger partial charge in [-0.15, -0.1) is 10.2 Å². The first-order chi connectivity index (χ1) is 14.7. The van der Waals surface area contributed by atoms with Gasteiger partial charge in [0.1, 0.15) is 5.01 Å². The highest BCUT2D eigenvalue weighted by Crippen LogP contribution is 2.28. The summed E-state index contributed by atoms with van der Waals surface area (Å²) in [4.78, 5) is 12.6. The van der Waals surface area contributed by atoms with Crippen LogP contribution in [0.25, 0.3) is 0 Å². The zero-order valence-corrected chi connectivity index (χ0v) is 19.3. The van der Waals surface area contributed by atoms with Crippen molar-refractivity contribution in [3.8, 4) is 0 Å². The molecule has 2 N–H and O–H groups in total. The fourth-order valence-corrected chi connectivity index (χ4v) is 4.90. The number of benzene rings is 2. The molecule has 0 spiro atoms. The summed E-state index contributed by atoms with van der Waals surface area (Å²) in [7, 11) is -3.74. The lowest BCUT2D eigenvalue weighted by molar-refractivity contribution is 0.102. The molecule has 3 aromatic rings. The van der Waals surface area contributed by atoms with E-state index in [1.54, 1.807) is 19.1 Å². The molecule has 0 bridgehead atoms. The van der Waals surface area contributed by atoms with Gasteiger partial charge in [-0.2, -0.15) is 0 Å². The number of nitrogens with one attached hydrogen (secondary N) is 2. The maximum Gasteiger partial charge on any atom is 0.262 e. The molecule has 2 aromatic carbocycles. The van der Waals surface area contributed by atoms with E-state index in [1.807, 2.05) is 12.1 Å². The van der Waals surface area contributed by atoms with Gasteiger partial charge in [0, 0.05) is 11.4 Å². The van der Waals surface area contributed by atoms with Crippen LogP contribution in [0.4, 0.5) is 15.2 Å². The van der Waals surface area contributed by atoms with E-state index in [2.05, 4.69) is 20.2 Å². The summed E-state index contributed by atoms with van der Waals surface area (Å²) in [5.74, 6) is -2.12. The Labute approximate surface area is 192 Å². The largest absolute Gasteiger partial charge is 0.296 e. The number of anilines is 2. The Hall–Kier alpha value is -2.27. The van der Waals surface area contributed by atoms with Crippen LogP contribution in [0.1, 0.15) is 34.3 Å². The minimum Gasteiger partial charge on any atom is -0.296 e. The first-order valence-electron chi connectivity index (χ1n) is 9.05. The Morgan fingerprint density at radius 2 is 1.84 bits per heavy atom. The Kier molecular flexibility index (Phi) is 7.47. The third kappa shape index (κ3) is 6.13. The summed E-state index contributed by atoms with van der Waals surface area (Å²) >= 11 is 13.0. The van der Waals surface area contributed by atoms with Crippen LogP contribution in [-0.2, 0) is 16.4 Å². The number of carbonyl (C=O) groups is 1. The number of hydrogen-bond donors (Lipinski definition) is 2. The standard InChI is InChI=1S/C19H17Cl2FN4O3S2/c1-2-9-31(28,29)26-14-8-7-13(21)16(17(14)22)18(27)23-19-25-24-15(30-19)10-11-3-5-12(20)6-4-11/h3-8,26H,2,9-10H2,1H3,(H,23,25,27). The molecule has 0 aliphatic carbocycles. The van der Waals surface area contributed by atoms with Crippen LogP contribution in [0.3, 0.4) is 0 Å². The molecule has 0 saturated carbocycles. The molecule has 3 rings (SSSR count). The minimum absolute atomic E-state index is 0.154. The van der Waals surface area contributed by atoms with Gasteiger partial charge in [0.2, 0.25) is 15.2 Å². The smallest absolute Gasteiger partial charge is 0.262 e. The molecule has 31 heavy (non-hydrogen) atoms. The molecular formula is C19H17Cl2FN4O3S2. The average Bonchev–Trinajstić information content (AvgIpc) is 3.12. The van der Waals surface area contributed by atoms with Crippen molar-refractivity contribution in [3.05, 3.63) is 68.4 Å². The predicted octanol–water partition coefficient (Wildman–Crippen LogP) is 4.98. The highest BCUT2D eigenvalue weighted by Gasteiger charge is 2.23. The van der Waals surface area contributed by atoms with E-state index >= 15 is 0 Å². The molecule has 0 aliphatic rings. The fourth-order valence-electron chi connectivity index (χ4n) is 2.64. The molecule has 1 aromatic heterocycles. The highest BCUT2D eigenvalue weighted by atomic mass is 35.5. The van der Waals surface area contributed by atoms with Gasteiger partial charge < -0.3 is 0 Å². The van der Waals surface area contributed by atoms with Crippen LogP contribution < -0.4 is 10.0 Å². The van der Waals surface area contributed by atoms with Crippen LogP contribution in [-0.4, -0.2) is 30.3 Å². The van der Waals surface area contributed by atoms with Gasteiger partial charge >= 0.3 is 0 Å². The lowest BCUT2D eigenvalue weighted by Crippen LogP contribution is -2.19. The summed E-state index contributed by atoms with van der Waals surface area (Å²) in [5, 5.41) is 11.6. The van der Waals surface area contributed by atoms with Gasteiger partial charge in [-0.1, -0.05) is 53.6 Å². The van der Waals surface area contributed by atoms with Crippen molar-refractivity contribution in [1.82, 2.24) is 10.2 Å². The van der Waals surface area contributed by atoms with Crippen molar-refractivity contribution < 1.29 is 17.6 Å². The normalized spacial score (nSPS) is 11.4. The number of aromatic nitrogens is 2. The summed E-state index contributed by atoms with van der Waals surface area (Å²) in [6.07, 6.45) is 0.835. The number of amides is 1. The van der Waals surface area contributed by atoms with Crippen LogP contribution in [0.15, 0.2) is 36.4 Å². The summed E-state index contributed by atoms with van der Waals surface area (Å²) < 4.78 is 40.9. The first-order valence-corrected chi connectivity index (χ1v) is 12.3. The van der Waals surface area contributed by atoms with Gasteiger partial charge in [0.25, 0.3) is 5.91 Å². The van der Waals surface area contributed by atoms with Gasteiger partial charge in [0.15, 0.2) is 5.82 Å². The number of nitrogens with zero attached hydrogens (tertiary/aromatic N) is 2. The topological polar surface area (TPSA) is 101 Å². The SMILES string of the molecule is CCCS(=O)(=O)Nc1ccc(Cl)c(C(=O)Nc2nnc(Cc3ccc(Cl)cc3)s2)c1F. The predicted molar refractivity (Wildman–Crippen MR) is 121 cm³/mol. The second kappa shape index (κ2) is 9.90. The molecular weight excluding hydrogens is 486 g/mol. The zero-order valence-electron chi connectivity index (χ0n) is 16.2. The fraction of sp³-hybridized carbons (Fsp3) is 0.211. The van der Waals surface area contributed by atoms with E-state index < -0.39 is 27.3 Å². The quantitative estimate of drug-likeness (QED) is 0.452. The van der Waals surface area contributed by atoms with Crippen molar-refractivity contribution in [3.63, 3.8) is 0 Å². The molecule has 1 heterocycles. The molecule has 7 nitrogen and oxygen atoms in total. The average molecular weight is 503 g/mol. The first kappa shape index (κ1) is 23.4. The number of halogens is 3. The number of carbonyl (C=O) groups excluding carboxylic acids is 1. The zero-order chi connectivity index (χ0) is 22.6. The number of sulfonamides is 1. The van der Waals surface area contributed by atoms with Gasteiger partial charge in [-0.25, -0.2) is 12.8 Å². The second-order valence-electron chi connectivity index (χ2n) is 6.46. The molecule has 12 heteroatoms. The van der Waals surface area contributed by atoms with Crippen molar-refractivity contribution in [2.24, 2.45) is 0 Å². The molecule has 0 unspecified atom stereocenters. The third-order valence-electron chi connectivity index (χ3n) is 4.01. The van der Waals surface area contributed by atoms with Crippen molar-refractivity contribution in [2.45, 2.75) is 19.8 Å². The van der Waals surface area contributed by atoms with Crippen molar-refractivity contribution in [2.75, 3.05) is 15.8 Å². The Morgan fingerprint density at radius 1 is 1.13 bits per heavy atom. The Morgan fingerprint density at radius 3 is 2.52 bits per heavy atom. The molecule has 0 radical (unpaired) electrons. The van der Waals surface area contributed by atoms with E-state index in [0.717, 1.165) is 23.0 Å². The van der Waals surface area contributed by atoms with E-state index in [4.69, 9.17) is 23.2 Å². The maximum atomic E-state index is 14.9. The van der Waals surface area contributed by atoms with Crippen molar-refractivity contribution >= 4 is 61.3 Å². The second-order valence-corrected chi connectivity index (χ2v) is 10.2. The third-order valence-corrected chi connectivity index (χ3v) is 6.89. The lowest BCUT2D eigenvalue weighted by Gasteiger charge is -2.12. The molecule has 0 fully saturated rings. The van der Waals surface area contributed by atoms with E-state index in [1.165, 1.54) is 6.07 Å². The molecule has 1 amide bonds. The van der Waals surface area contributed by atoms with Crippen LogP contribution >= 0.6 is 34.5 Å². The number of rotatable bonds is 8. The number of hydrogen-bond acceptors (Lipinski definition) is 6. The van der Waals surface area contributed by atoms with Crippen LogP contribution in [0.2, 0.25) is 10.0 Å². The molecule has 0 aliphatic heterocycles. The molecule has 0 atom stereocenters. The van der Waals surface area contributed by atoms with Crippen molar-refractivity contribution in [1.29, 1.82) is 0 Å². The Bertz CT molecular complexity index is 1200. The highest BCUT2D eigenvalue weighted by molar-refractivity contribution is 7.92. The van der Waals surface area contributed by atoms with E-state index in [0.29, 0.717) is 22.9 Å². The molecule has 164 valence electrons. The van der Waals surface area contributed by atoms with Gasteiger partial charge in [-0.05, 0) is 36.2 Å². The minimum atomic E-state index is -3.74. The van der Waals surface area contributed by atoms with Crippen LogP contribution in [0, 0.1) is 5.82 Å². The lowest BCUT2D eigenvalue weighted by atomic mass is 10.1. The van der Waals surface area contributed by atoms with E-state index in [9.17, 15) is 17.6 Å². The van der Waals surface area contributed by atoms with Crippen LogP contribution in [0.5, 0.6) is 0 Å². The summed E-state index contributed by atoms with van der Waals surface area (Å²) in [6, 6.07) is 9.62. The summed E-state index contributed by atoms with van der Waals surface area (Å²) in [5.41, 5.74) is 0.107. The van der Waals surface area contributed by atoms with Gasteiger partial charge in [0.05, 0.1) is 22.0 Å². The monoisotopic (exact) mass is 502 g/mol. The van der Waals surface area contributed by atoms with Gasteiger partial charge in [-0.3, -0.25) is 14.8 Å².